The summed E-state index contributed by atoms with van der Waals surface area (Å²) in [5.41, 5.74) is 6.26. The van der Waals surface area contributed by atoms with E-state index in [1.54, 1.807) is 0 Å². The molecule has 0 aromatic rings. The molecule has 0 aliphatic carbocycles. The average molecular weight is 184 g/mol. The van der Waals surface area contributed by atoms with E-state index < -0.39 is 0 Å². The maximum Gasteiger partial charge on any atom is -0.00165 e. The van der Waals surface area contributed by atoms with Crippen LogP contribution in [0.2, 0.25) is 0 Å². The summed E-state index contributed by atoms with van der Waals surface area (Å²) >= 11 is 0. The lowest BCUT2D eigenvalue weighted by molar-refractivity contribution is 0.214. The average Bonchev–Trinajstić information content (AvgIpc) is 2.30. The van der Waals surface area contributed by atoms with Gasteiger partial charge in [0.1, 0.15) is 0 Å². The predicted molar refractivity (Wildman–Crippen MR) is 57.7 cm³/mol. The van der Waals surface area contributed by atoms with Gasteiger partial charge < -0.3 is 10.6 Å². The Morgan fingerprint density at radius 2 is 2.08 bits per heavy atom. The van der Waals surface area contributed by atoms with Crippen LogP contribution in [0.3, 0.4) is 0 Å². The SMILES string of the molecule is CCC1(CCN)CCCN(C)CC1. The molecule has 0 spiro atoms. The van der Waals surface area contributed by atoms with Crippen molar-refractivity contribution >= 4 is 0 Å². The van der Waals surface area contributed by atoms with Crippen LogP contribution in [-0.2, 0) is 0 Å². The second-order valence-electron chi connectivity index (χ2n) is 4.55. The van der Waals surface area contributed by atoms with Crippen molar-refractivity contribution in [3.05, 3.63) is 0 Å². The zero-order valence-electron chi connectivity index (χ0n) is 9.18. The molecular weight excluding hydrogens is 160 g/mol. The Hall–Kier alpha value is -0.0800. The minimum atomic E-state index is 0.569. The van der Waals surface area contributed by atoms with Gasteiger partial charge in [0.25, 0.3) is 0 Å². The van der Waals surface area contributed by atoms with Gasteiger partial charge in [-0.05, 0) is 57.8 Å². The molecule has 0 amide bonds. The summed E-state index contributed by atoms with van der Waals surface area (Å²) in [6, 6.07) is 0. The van der Waals surface area contributed by atoms with Gasteiger partial charge in [-0.1, -0.05) is 13.3 Å². The third-order valence-corrected chi connectivity index (χ3v) is 3.70. The molecule has 1 heterocycles. The van der Waals surface area contributed by atoms with Gasteiger partial charge in [-0.25, -0.2) is 0 Å². The molecule has 1 atom stereocenters. The van der Waals surface area contributed by atoms with Crippen molar-refractivity contribution in [3.8, 4) is 0 Å². The number of nitrogens with zero attached hydrogens (tertiary/aromatic N) is 1. The second kappa shape index (κ2) is 4.97. The summed E-state index contributed by atoms with van der Waals surface area (Å²) in [7, 11) is 2.23. The molecular formula is C11H24N2. The molecule has 0 saturated carbocycles. The topological polar surface area (TPSA) is 29.3 Å². The van der Waals surface area contributed by atoms with E-state index >= 15 is 0 Å². The van der Waals surface area contributed by atoms with Crippen molar-refractivity contribution in [2.45, 2.75) is 39.0 Å². The van der Waals surface area contributed by atoms with Crippen LogP contribution in [0.1, 0.15) is 39.0 Å². The van der Waals surface area contributed by atoms with Crippen LogP contribution in [-0.4, -0.2) is 31.6 Å². The molecule has 0 aromatic carbocycles. The van der Waals surface area contributed by atoms with Gasteiger partial charge in [0.2, 0.25) is 0 Å². The minimum Gasteiger partial charge on any atom is -0.330 e. The van der Waals surface area contributed by atoms with E-state index in [-0.39, 0.29) is 0 Å². The highest BCUT2D eigenvalue weighted by atomic mass is 15.1. The molecule has 1 aliphatic rings. The van der Waals surface area contributed by atoms with Crippen LogP contribution in [0.5, 0.6) is 0 Å². The first kappa shape index (κ1) is 11.0. The highest BCUT2D eigenvalue weighted by Gasteiger charge is 2.28. The Bertz CT molecular complexity index is 147. The highest BCUT2D eigenvalue weighted by molar-refractivity contribution is 4.82. The number of hydrogen-bond acceptors (Lipinski definition) is 2. The molecule has 1 rings (SSSR count). The lowest BCUT2D eigenvalue weighted by Crippen LogP contribution is -2.26. The fraction of sp³-hybridized carbons (Fsp3) is 1.00. The van der Waals surface area contributed by atoms with E-state index in [1.807, 2.05) is 0 Å². The zero-order valence-corrected chi connectivity index (χ0v) is 9.18. The standard InChI is InChI=1S/C11H24N2/c1-3-11(6-8-12)5-4-9-13(2)10-7-11/h3-10,12H2,1-2H3. The fourth-order valence-electron chi connectivity index (χ4n) is 2.48. The molecule has 78 valence electrons. The van der Waals surface area contributed by atoms with Crippen LogP contribution in [0.25, 0.3) is 0 Å². The highest BCUT2D eigenvalue weighted by Crippen LogP contribution is 2.37. The van der Waals surface area contributed by atoms with Gasteiger partial charge >= 0.3 is 0 Å². The third kappa shape index (κ3) is 2.96. The Kier molecular flexibility index (Phi) is 4.20. The van der Waals surface area contributed by atoms with Gasteiger partial charge in [0, 0.05) is 0 Å². The smallest absolute Gasteiger partial charge is 0.00165 e. The number of rotatable bonds is 3. The number of nitrogens with two attached hydrogens (primary N) is 1. The fourth-order valence-corrected chi connectivity index (χ4v) is 2.48. The molecule has 2 N–H and O–H groups in total. The van der Waals surface area contributed by atoms with Gasteiger partial charge in [-0.3, -0.25) is 0 Å². The van der Waals surface area contributed by atoms with Crippen LogP contribution in [0.15, 0.2) is 0 Å². The summed E-state index contributed by atoms with van der Waals surface area (Å²) in [6.45, 7) is 5.71. The molecule has 1 saturated heterocycles. The summed E-state index contributed by atoms with van der Waals surface area (Å²) < 4.78 is 0. The summed E-state index contributed by atoms with van der Waals surface area (Å²) in [5.74, 6) is 0. The van der Waals surface area contributed by atoms with E-state index in [4.69, 9.17) is 5.73 Å². The van der Waals surface area contributed by atoms with Crippen molar-refractivity contribution in [1.29, 1.82) is 0 Å². The maximum absolute atomic E-state index is 5.69. The van der Waals surface area contributed by atoms with E-state index in [0.717, 1.165) is 6.54 Å². The Balaban J connectivity index is 2.53. The zero-order chi connectivity index (χ0) is 9.73. The van der Waals surface area contributed by atoms with Crippen molar-refractivity contribution < 1.29 is 0 Å². The Labute approximate surface area is 82.5 Å². The van der Waals surface area contributed by atoms with Gasteiger partial charge in [0.15, 0.2) is 0 Å². The third-order valence-electron chi connectivity index (χ3n) is 3.70. The lowest BCUT2D eigenvalue weighted by Gasteiger charge is -2.31. The van der Waals surface area contributed by atoms with E-state index in [2.05, 4.69) is 18.9 Å². The monoisotopic (exact) mass is 184 g/mol. The minimum absolute atomic E-state index is 0.569. The van der Waals surface area contributed by atoms with Gasteiger partial charge in [-0.2, -0.15) is 0 Å². The molecule has 1 unspecified atom stereocenters. The summed E-state index contributed by atoms with van der Waals surface area (Å²) in [6.07, 6.45) is 6.60. The molecule has 0 bridgehead atoms. The maximum atomic E-state index is 5.69. The van der Waals surface area contributed by atoms with Crippen LogP contribution in [0, 0.1) is 5.41 Å². The molecule has 2 heteroatoms. The normalized spacial score (nSPS) is 31.6. The Morgan fingerprint density at radius 1 is 1.31 bits per heavy atom. The number of hydrogen-bond donors (Lipinski definition) is 1. The van der Waals surface area contributed by atoms with Gasteiger partial charge in [0.05, 0.1) is 0 Å². The first-order valence-electron chi connectivity index (χ1n) is 5.61. The Morgan fingerprint density at radius 3 is 2.69 bits per heavy atom. The van der Waals surface area contributed by atoms with Gasteiger partial charge in [-0.15, -0.1) is 0 Å². The van der Waals surface area contributed by atoms with Crippen molar-refractivity contribution in [1.82, 2.24) is 4.90 Å². The molecule has 0 aromatic heterocycles. The van der Waals surface area contributed by atoms with Crippen LogP contribution < -0.4 is 5.73 Å². The van der Waals surface area contributed by atoms with E-state index in [1.165, 1.54) is 45.2 Å². The quantitative estimate of drug-likeness (QED) is 0.725. The van der Waals surface area contributed by atoms with E-state index in [0.29, 0.717) is 5.41 Å². The largest absolute Gasteiger partial charge is 0.330 e. The lowest BCUT2D eigenvalue weighted by atomic mass is 9.75. The van der Waals surface area contributed by atoms with E-state index in [9.17, 15) is 0 Å². The molecule has 2 nitrogen and oxygen atoms in total. The van der Waals surface area contributed by atoms with Crippen LogP contribution in [0.4, 0.5) is 0 Å². The van der Waals surface area contributed by atoms with Crippen molar-refractivity contribution in [3.63, 3.8) is 0 Å². The second-order valence-corrected chi connectivity index (χ2v) is 4.55. The molecule has 1 fully saturated rings. The number of likely N-dealkylation sites (tertiary alicyclic amines) is 1. The molecule has 13 heavy (non-hydrogen) atoms. The van der Waals surface area contributed by atoms with Crippen molar-refractivity contribution in [2.24, 2.45) is 11.1 Å². The predicted octanol–water partition coefficient (Wildman–Crippen LogP) is 1.85. The summed E-state index contributed by atoms with van der Waals surface area (Å²) in [5, 5.41) is 0. The molecule has 0 radical (unpaired) electrons. The first-order chi connectivity index (χ1) is 6.22. The van der Waals surface area contributed by atoms with Crippen molar-refractivity contribution in [2.75, 3.05) is 26.7 Å². The summed E-state index contributed by atoms with van der Waals surface area (Å²) in [4.78, 5) is 2.45. The molecule has 1 aliphatic heterocycles. The first-order valence-corrected chi connectivity index (χ1v) is 5.61. The van der Waals surface area contributed by atoms with Crippen LogP contribution >= 0.6 is 0 Å².